The number of anilines is 1. The van der Waals surface area contributed by atoms with Gasteiger partial charge in [0, 0.05) is 25.9 Å². The van der Waals surface area contributed by atoms with Crippen LogP contribution in [0.4, 0.5) is 5.69 Å². The fourth-order valence-corrected chi connectivity index (χ4v) is 3.24. The Hall–Kier alpha value is -2.24. The zero-order valence-corrected chi connectivity index (χ0v) is 11.2. The van der Waals surface area contributed by atoms with Crippen LogP contribution in [0.2, 0.25) is 0 Å². The Labute approximate surface area is 116 Å². The van der Waals surface area contributed by atoms with E-state index in [1.54, 1.807) is 18.1 Å². The van der Waals surface area contributed by atoms with Crippen LogP contribution in [0.15, 0.2) is 24.3 Å². The number of amides is 1. The van der Waals surface area contributed by atoms with Gasteiger partial charge < -0.3 is 19.6 Å². The molecular formula is C14H16N2O4. The highest BCUT2D eigenvalue weighted by molar-refractivity contribution is 5.95. The molecule has 1 amide bonds. The SMILES string of the molecule is COc1ccccc1N1CCN2C(=O)CCC21C(=O)O. The number of para-hydroxylation sites is 2. The van der Waals surface area contributed by atoms with Crippen molar-refractivity contribution in [1.82, 2.24) is 4.90 Å². The first-order chi connectivity index (χ1) is 9.61. The molecule has 1 aromatic carbocycles. The van der Waals surface area contributed by atoms with Crippen LogP contribution in [0, 0.1) is 0 Å². The van der Waals surface area contributed by atoms with E-state index in [1.165, 1.54) is 4.90 Å². The van der Waals surface area contributed by atoms with E-state index in [9.17, 15) is 14.7 Å². The summed E-state index contributed by atoms with van der Waals surface area (Å²) >= 11 is 0. The Kier molecular flexibility index (Phi) is 2.81. The smallest absolute Gasteiger partial charge is 0.350 e. The van der Waals surface area contributed by atoms with E-state index in [2.05, 4.69) is 0 Å². The summed E-state index contributed by atoms with van der Waals surface area (Å²) in [6.45, 7) is 0.932. The molecule has 0 aliphatic carbocycles. The van der Waals surface area contributed by atoms with Crippen molar-refractivity contribution in [3.05, 3.63) is 24.3 Å². The Morgan fingerprint density at radius 1 is 1.30 bits per heavy atom. The van der Waals surface area contributed by atoms with Crippen LogP contribution in [0.3, 0.4) is 0 Å². The van der Waals surface area contributed by atoms with E-state index in [1.807, 2.05) is 18.2 Å². The van der Waals surface area contributed by atoms with Gasteiger partial charge >= 0.3 is 5.97 Å². The van der Waals surface area contributed by atoms with E-state index in [-0.39, 0.29) is 12.3 Å². The number of fused-ring (bicyclic) bond motifs is 1. The number of hydrogen-bond acceptors (Lipinski definition) is 4. The largest absolute Gasteiger partial charge is 0.495 e. The number of aliphatic carboxylic acids is 1. The third kappa shape index (κ3) is 1.51. The molecule has 0 radical (unpaired) electrons. The summed E-state index contributed by atoms with van der Waals surface area (Å²) in [5, 5.41) is 9.71. The van der Waals surface area contributed by atoms with Crippen molar-refractivity contribution in [2.75, 3.05) is 25.1 Å². The third-order valence-corrected chi connectivity index (χ3v) is 4.15. The number of methoxy groups -OCH3 is 1. The lowest BCUT2D eigenvalue weighted by Crippen LogP contribution is -2.57. The van der Waals surface area contributed by atoms with Gasteiger partial charge in [-0.15, -0.1) is 0 Å². The lowest BCUT2D eigenvalue weighted by atomic mass is 10.1. The summed E-state index contributed by atoms with van der Waals surface area (Å²) in [5.74, 6) is -0.453. The van der Waals surface area contributed by atoms with Gasteiger partial charge in [-0.1, -0.05) is 12.1 Å². The van der Waals surface area contributed by atoms with Gasteiger partial charge in [-0.3, -0.25) is 4.79 Å². The molecule has 0 aromatic heterocycles. The van der Waals surface area contributed by atoms with Gasteiger partial charge in [0.1, 0.15) is 5.75 Å². The molecule has 3 rings (SSSR count). The molecule has 1 N–H and O–H groups in total. The van der Waals surface area contributed by atoms with Gasteiger partial charge in [0.2, 0.25) is 11.6 Å². The number of carbonyl (C=O) groups is 2. The Bertz CT molecular complexity index is 574. The zero-order valence-electron chi connectivity index (χ0n) is 11.2. The number of hydrogen-bond donors (Lipinski definition) is 1. The number of carbonyl (C=O) groups excluding carboxylic acids is 1. The second kappa shape index (κ2) is 4.40. The maximum absolute atomic E-state index is 11.9. The van der Waals surface area contributed by atoms with Crippen LogP contribution >= 0.6 is 0 Å². The minimum Gasteiger partial charge on any atom is -0.495 e. The summed E-state index contributed by atoms with van der Waals surface area (Å²) in [6, 6.07) is 7.30. The number of benzene rings is 1. The fourth-order valence-electron chi connectivity index (χ4n) is 3.24. The first kappa shape index (κ1) is 12.8. The summed E-state index contributed by atoms with van der Waals surface area (Å²) in [7, 11) is 1.56. The Morgan fingerprint density at radius 2 is 2.00 bits per heavy atom. The minimum absolute atomic E-state index is 0.0928. The van der Waals surface area contributed by atoms with Crippen LogP contribution in [0.5, 0.6) is 5.75 Å². The average Bonchev–Trinajstić information content (AvgIpc) is 2.99. The van der Waals surface area contributed by atoms with Gasteiger partial charge in [0.05, 0.1) is 12.8 Å². The van der Waals surface area contributed by atoms with Crippen molar-refractivity contribution in [3.8, 4) is 5.75 Å². The van der Waals surface area contributed by atoms with Crippen molar-refractivity contribution in [2.45, 2.75) is 18.5 Å². The monoisotopic (exact) mass is 276 g/mol. The second-order valence-corrected chi connectivity index (χ2v) is 4.99. The number of rotatable bonds is 3. The maximum atomic E-state index is 11.9. The molecule has 1 atom stereocenters. The summed E-state index contributed by atoms with van der Waals surface area (Å²) in [6.07, 6.45) is 0.581. The van der Waals surface area contributed by atoms with E-state index >= 15 is 0 Å². The van der Waals surface area contributed by atoms with Gasteiger partial charge in [-0.2, -0.15) is 0 Å². The molecule has 2 aliphatic heterocycles. The van der Waals surface area contributed by atoms with Crippen LogP contribution in [-0.4, -0.2) is 47.7 Å². The molecule has 1 aromatic rings. The zero-order chi connectivity index (χ0) is 14.3. The molecule has 0 spiro atoms. The average molecular weight is 276 g/mol. The predicted octanol–water partition coefficient (Wildman–Crippen LogP) is 0.918. The highest BCUT2D eigenvalue weighted by atomic mass is 16.5. The summed E-state index contributed by atoms with van der Waals surface area (Å²) in [4.78, 5) is 27.0. The van der Waals surface area contributed by atoms with Gasteiger partial charge in [0.15, 0.2) is 0 Å². The van der Waals surface area contributed by atoms with Crippen molar-refractivity contribution < 1.29 is 19.4 Å². The first-order valence-corrected chi connectivity index (χ1v) is 6.56. The van der Waals surface area contributed by atoms with E-state index < -0.39 is 11.6 Å². The molecule has 2 fully saturated rings. The van der Waals surface area contributed by atoms with Crippen molar-refractivity contribution in [1.29, 1.82) is 0 Å². The standard InChI is InChI=1S/C14H16N2O4/c1-20-11-5-3-2-4-10(11)15-8-9-16-12(17)6-7-14(15,16)13(18)19/h2-5H,6-9H2,1H3,(H,18,19). The highest BCUT2D eigenvalue weighted by Gasteiger charge is 2.59. The quantitative estimate of drug-likeness (QED) is 0.889. The minimum atomic E-state index is -1.26. The van der Waals surface area contributed by atoms with Crippen molar-refractivity contribution in [3.63, 3.8) is 0 Å². The Balaban J connectivity index is 2.10. The van der Waals surface area contributed by atoms with Gasteiger partial charge in [-0.05, 0) is 12.1 Å². The first-order valence-electron chi connectivity index (χ1n) is 6.56. The van der Waals surface area contributed by atoms with Crippen LogP contribution < -0.4 is 9.64 Å². The van der Waals surface area contributed by atoms with Crippen LogP contribution in [-0.2, 0) is 9.59 Å². The van der Waals surface area contributed by atoms with Crippen LogP contribution in [0.1, 0.15) is 12.8 Å². The molecular weight excluding hydrogens is 260 g/mol. The Morgan fingerprint density at radius 3 is 2.70 bits per heavy atom. The molecule has 2 heterocycles. The molecule has 2 saturated heterocycles. The number of ether oxygens (including phenoxy) is 1. The summed E-state index contributed by atoms with van der Waals surface area (Å²) < 4.78 is 5.32. The molecule has 6 nitrogen and oxygen atoms in total. The third-order valence-electron chi connectivity index (χ3n) is 4.15. The number of carboxylic acids is 1. The molecule has 2 aliphatic rings. The molecule has 20 heavy (non-hydrogen) atoms. The fraction of sp³-hybridized carbons (Fsp3) is 0.429. The molecule has 106 valence electrons. The topological polar surface area (TPSA) is 70.1 Å². The molecule has 6 heteroatoms. The van der Waals surface area contributed by atoms with Gasteiger partial charge in [0.25, 0.3) is 0 Å². The number of carboxylic acid groups (broad SMARTS) is 1. The van der Waals surface area contributed by atoms with Crippen LogP contribution in [0.25, 0.3) is 0 Å². The van der Waals surface area contributed by atoms with Crippen molar-refractivity contribution in [2.24, 2.45) is 0 Å². The van der Waals surface area contributed by atoms with Gasteiger partial charge in [-0.25, -0.2) is 4.79 Å². The second-order valence-electron chi connectivity index (χ2n) is 4.99. The van der Waals surface area contributed by atoms with E-state index in [0.717, 1.165) is 5.69 Å². The number of nitrogens with zero attached hydrogens (tertiary/aromatic N) is 2. The van der Waals surface area contributed by atoms with Crippen molar-refractivity contribution >= 4 is 17.6 Å². The molecule has 0 bridgehead atoms. The summed E-state index contributed by atoms with van der Waals surface area (Å²) in [5.41, 5.74) is -0.541. The lowest BCUT2D eigenvalue weighted by Gasteiger charge is -2.36. The van der Waals surface area contributed by atoms with E-state index in [4.69, 9.17) is 4.74 Å². The maximum Gasteiger partial charge on any atom is 0.350 e. The predicted molar refractivity (Wildman–Crippen MR) is 71.7 cm³/mol. The molecule has 0 saturated carbocycles. The lowest BCUT2D eigenvalue weighted by molar-refractivity contribution is -0.151. The van der Waals surface area contributed by atoms with E-state index in [0.29, 0.717) is 25.3 Å². The molecule has 1 unspecified atom stereocenters. The normalized spacial score (nSPS) is 24.9. The highest BCUT2D eigenvalue weighted by Crippen LogP contribution is 2.43.